The van der Waals surface area contributed by atoms with Gasteiger partial charge in [-0.25, -0.2) is 15.0 Å². The van der Waals surface area contributed by atoms with E-state index in [1.807, 2.05) is 103 Å². The highest BCUT2D eigenvalue weighted by molar-refractivity contribution is 6.13. The summed E-state index contributed by atoms with van der Waals surface area (Å²) in [5, 5.41) is 11.8. The number of hydrogen-bond acceptors (Lipinski definition) is 5. The first kappa shape index (κ1) is 33.6. The predicted octanol–water partition coefficient (Wildman–Crippen LogP) is 13.3. The third-order valence-electron chi connectivity index (χ3n) is 10.4. The van der Waals surface area contributed by atoms with Crippen LogP contribution < -0.4 is 0 Å². The van der Waals surface area contributed by atoms with E-state index in [0.29, 0.717) is 23.0 Å². The van der Waals surface area contributed by atoms with E-state index in [9.17, 15) is 5.26 Å². The first-order valence-electron chi connectivity index (χ1n) is 18.8. The van der Waals surface area contributed by atoms with Crippen LogP contribution in [0.15, 0.2) is 199 Å². The van der Waals surface area contributed by atoms with Gasteiger partial charge in [-0.05, 0) is 74.8 Å². The van der Waals surface area contributed by atoms with Crippen LogP contribution in [0, 0.1) is 11.3 Å². The zero-order chi connectivity index (χ0) is 38.1. The van der Waals surface area contributed by atoms with Gasteiger partial charge < -0.3 is 4.42 Å². The Labute approximate surface area is 329 Å². The molecular weight excluding hydrogens is 697 g/mol. The molecule has 0 saturated carbocycles. The Bertz CT molecular complexity index is 3110. The molecule has 0 bridgehead atoms. The zero-order valence-electron chi connectivity index (χ0n) is 30.7. The van der Waals surface area contributed by atoms with Crippen LogP contribution in [0.25, 0.3) is 101 Å². The van der Waals surface area contributed by atoms with Crippen LogP contribution in [0.2, 0.25) is 0 Å². The van der Waals surface area contributed by atoms with E-state index in [-0.39, 0.29) is 0 Å². The molecule has 0 amide bonds. The second-order valence-corrected chi connectivity index (χ2v) is 13.9. The number of fused-ring (bicyclic) bond motifs is 3. The molecule has 10 rings (SSSR count). The second kappa shape index (κ2) is 14.4. The van der Waals surface area contributed by atoms with Crippen molar-refractivity contribution in [1.29, 1.82) is 5.26 Å². The van der Waals surface area contributed by atoms with E-state index in [1.165, 1.54) is 11.1 Å². The standard InChI is InChI=1S/C52H32N4O/c53-33-43-15-7-8-18-44(43)37-25-27-39(28-26-37)50-54-51(41-17-9-16-40(31-41)35-13-5-2-6-14-35)56-52(55-50)42-29-30-46-48(32-42)57-47-20-10-19-45(49(46)47)38-23-21-36(22-24-38)34-11-3-1-4-12-34/h1-32H. The summed E-state index contributed by atoms with van der Waals surface area (Å²) in [5.74, 6) is 1.65. The summed E-state index contributed by atoms with van der Waals surface area (Å²) in [6.45, 7) is 0. The highest BCUT2D eigenvalue weighted by Gasteiger charge is 2.17. The summed E-state index contributed by atoms with van der Waals surface area (Å²) in [5.41, 5.74) is 13.4. The Balaban J connectivity index is 1.07. The lowest BCUT2D eigenvalue weighted by atomic mass is 9.96. The SMILES string of the molecule is N#Cc1ccccc1-c1ccc(-c2nc(-c3cccc(-c4ccccc4)c3)nc(-c3ccc4c(c3)oc3cccc(-c5ccc(-c6ccccc6)cc5)c34)n2)cc1. The lowest BCUT2D eigenvalue weighted by Crippen LogP contribution is -2.00. The maximum Gasteiger partial charge on any atom is 0.164 e. The topological polar surface area (TPSA) is 75.6 Å². The number of benzene rings is 8. The summed E-state index contributed by atoms with van der Waals surface area (Å²) in [4.78, 5) is 15.2. The normalized spacial score (nSPS) is 11.1. The lowest BCUT2D eigenvalue weighted by Gasteiger charge is -2.10. The molecule has 0 unspecified atom stereocenters. The Hall–Kier alpha value is -7.94. The molecule has 0 saturated heterocycles. The molecule has 0 aliphatic heterocycles. The molecule has 57 heavy (non-hydrogen) atoms. The fourth-order valence-electron chi connectivity index (χ4n) is 7.54. The van der Waals surface area contributed by atoms with Gasteiger partial charge in [0.05, 0.1) is 11.6 Å². The molecular formula is C52H32N4O. The van der Waals surface area contributed by atoms with Gasteiger partial charge in [-0.1, -0.05) is 164 Å². The molecule has 2 heterocycles. The van der Waals surface area contributed by atoms with Crippen LogP contribution in [0.3, 0.4) is 0 Å². The van der Waals surface area contributed by atoms with Crippen LogP contribution in [0.5, 0.6) is 0 Å². The monoisotopic (exact) mass is 728 g/mol. The predicted molar refractivity (Wildman–Crippen MR) is 230 cm³/mol. The number of aromatic nitrogens is 3. The molecule has 10 aromatic rings. The highest BCUT2D eigenvalue weighted by atomic mass is 16.3. The van der Waals surface area contributed by atoms with Crippen molar-refractivity contribution in [3.05, 3.63) is 200 Å². The van der Waals surface area contributed by atoms with Gasteiger partial charge >= 0.3 is 0 Å². The molecule has 0 aliphatic carbocycles. The smallest absolute Gasteiger partial charge is 0.164 e. The summed E-state index contributed by atoms with van der Waals surface area (Å²) < 4.78 is 6.54. The summed E-state index contributed by atoms with van der Waals surface area (Å²) in [6, 6.07) is 68.1. The number of hydrogen-bond donors (Lipinski definition) is 0. The van der Waals surface area contributed by atoms with Crippen LogP contribution in [0.1, 0.15) is 5.56 Å². The van der Waals surface area contributed by atoms with E-state index in [0.717, 1.165) is 72.0 Å². The quantitative estimate of drug-likeness (QED) is 0.163. The van der Waals surface area contributed by atoms with E-state index < -0.39 is 0 Å². The van der Waals surface area contributed by atoms with Crippen molar-refractivity contribution in [1.82, 2.24) is 15.0 Å². The van der Waals surface area contributed by atoms with Gasteiger partial charge in [-0.15, -0.1) is 0 Å². The van der Waals surface area contributed by atoms with Crippen molar-refractivity contribution >= 4 is 21.9 Å². The zero-order valence-corrected chi connectivity index (χ0v) is 30.7. The Morgan fingerprint density at radius 3 is 1.53 bits per heavy atom. The van der Waals surface area contributed by atoms with Crippen LogP contribution in [0.4, 0.5) is 0 Å². The largest absolute Gasteiger partial charge is 0.456 e. The summed E-state index contributed by atoms with van der Waals surface area (Å²) >= 11 is 0. The van der Waals surface area contributed by atoms with Gasteiger partial charge in [0.25, 0.3) is 0 Å². The molecule has 0 aliphatic rings. The van der Waals surface area contributed by atoms with Crippen molar-refractivity contribution < 1.29 is 4.42 Å². The van der Waals surface area contributed by atoms with E-state index >= 15 is 0 Å². The molecule has 2 aromatic heterocycles. The van der Waals surface area contributed by atoms with Gasteiger partial charge in [0.15, 0.2) is 17.5 Å². The maximum atomic E-state index is 9.72. The molecule has 5 nitrogen and oxygen atoms in total. The van der Waals surface area contributed by atoms with Gasteiger partial charge in [0.2, 0.25) is 0 Å². The van der Waals surface area contributed by atoms with E-state index in [4.69, 9.17) is 19.4 Å². The number of nitriles is 1. The third-order valence-corrected chi connectivity index (χ3v) is 10.4. The minimum atomic E-state index is 0.540. The van der Waals surface area contributed by atoms with Crippen LogP contribution >= 0.6 is 0 Å². The van der Waals surface area contributed by atoms with Crippen molar-refractivity contribution in [2.45, 2.75) is 0 Å². The molecule has 0 fully saturated rings. The number of nitrogens with zero attached hydrogens (tertiary/aromatic N) is 4. The van der Waals surface area contributed by atoms with Gasteiger partial charge in [-0.3, -0.25) is 0 Å². The Morgan fingerprint density at radius 2 is 0.825 bits per heavy atom. The van der Waals surface area contributed by atoms with Gasteiger partial charge in [0, 0.05) is 27.5 Å². The van der Waals surface area contributed by atoms with Crippen LogP contribution in [-0.2, 0) is 0 Å². The third kappa shape index (κ3) is 6.42. The van der Waals surface area contributed by atoms with Crippen LogP contribution in [-0.4, -0.2) is 15.0 Å². The van der Waals surface area contributed by atoms with E-state index in [2.05, 4.69) is 97.1 Å². The molecule has 0 N–H and O–H groups in total. The van der Waals surface area contributed by atoms with Gasteiger partial charge in [-0.2, -0.15) is 5.26 Å². The molecule has 0 atom stereocenters. The minimum Gasteiger partial charge on any atom is -0.456 e. The van der Waals surface area contributed by atoms with Gasteiger partial charge in [0.1, 0.15) is 11.2 Å². The molecule has 0 spiro atoms. The van der Waals surface area contributed by atoms with E-state index in [1.54, 1.807) is 0 Å². The first-order chi connectivity index (χ1) is 28.2. The minimum absolute atomic E-state index is 0.540. The average molecular weight is 729 g/mol. The fourth-order valence-corrected chi connectivity index (χ4v) is 7.54. The molecule has 0 radical (unpaired) electrons. The summed E-state index contributed by atoms with van der Waals surface area (Å²) in [6.07, 6.45) is 0. The lowest BCUT2D eigenvalue weighted by molar-refractivity contribution is 0.669. The number of furan rings is 1. The van der Waals surface area contributed by atoms with Crippen molar-refractivity contribution in [2.24, 2.45) is 0 Å². The highest BCUT2D eigenvalue weighted by Crippen LogP contribution is 2.39. The Kier molecular flexibility index (Phi) is 8.48. The Morgan fingerprint density at radius 1 is 0.351 bits per heavy atom. The molecule has 266 valence electrons. The molecule has 5 heteroatoms. The maximum absolute atomic E-state index is 9.72. The van der Waals surface area contributed by atoms with Crippen molar-refractivity contribution in [3.8, 4) is 84.7 Å². The van der Waals surface area contributed by atoms with Crippen molar-refractivity contribution in [3.63, 3.8) is 0 Å². The summed E-state index contributed by atoms with van der Waals surface area (Å²) in [7, 11) is 0. The first-order valence-corrected chi connectivity index (χ1v) is 18.8. The number of rotatable bonds is 7. The van der Waals surface area contributed by atoms with Crippen molar-refractivity contribution in [2.75, 3.05) is 0 Å². The second-order valence-electron chi connectivity index (χ2n) is 13.9. The molecule has 8 aromatic carbocycles. The fraction of sp³-hybridized carbons (Fsp3) is 0. The average Bonchev–Trinajstić information content (AvgIpc) is 3.68.